The molecule has 0 saturated carbocycles. The van der Waals surface area contributed by atoms with Crippen molar-refractivity contribution in [1.29, 1.82) is 0 Å². The molecule has 0 rings (SSSR count). The highest BCUT2D eigenvalue weighted by Crippen LogP contribution is 2.45. The minimum absolute atomic E-state index is 0.107. The van der Waals surface area contributed by atoms with Crippen LogP contribution in [0, 0.1) is 11.8 Å². The smallest absolute Gasteiger partial charge is 0.462 e. The van der Waals surface area contributed by atoms with Crippen LogP contribution in [0.2, 0.25) is 0 Å². The standard InChI is InChI=1S/C84H164O17P2/c1-7-9-11-13-15-17-19-21-22-23-24-25-26-27-28-29-31-37-44-50-56-62-68-83(88)100-79(72-95-82(87)67-61-55-49-43-36-33-32-34-40-46-52-58-64-76(3)4)74-98-102(90,91)96-70-78(85)71-97-103(92,93)99-75-80(101-84(89)69-63-57-51-45-39-38-41-47-53-59-65-77(5)6)73-94-81(86)66-60-54-48-42-35-30-20-18-16-14-12-10-8-2/h76-80,85H,7-75H2,1-6H3,(H,90,91)(H,92,93)/t78-,79-,80-/m1/s1. The molecule has 0 amide bonds. The molecule has 19 heteroatoms. The minimum atomic E-state index is -4.96. The van der Waals surface area contributed by atoms with Crippen molar-refractivity contribution in [2.45, 2.75) is 464 Å². The van der Waals surface area contributed by atoms with Crippen molar-refractivity contribution in [3.8, 4) is 0 Å². The monoisotopic (exact) mass is 1510 g/mol. The number of phosphoric acid groups is 2. The van der Waals surface area contributed by atoms with Crippen molar-refractivity contribution in [3.63, 3.8) is 0 Å². The lowest BCUT2D eigenvalue weighted by molar-refractivity contribution is -0.161. The normalized spacial score (nSPS) is 13.9. The van der Waals surface area contributed by atoms with E-state index in [0.717, 1.165) is 102 Å². The molecule has 0 saturated heterocycles. The van der Waals surface area contributed by atoms with E-state index in [9.17, 15) is 43.2 Å². The highest BCUT2D eigenvalue weighted by Gasteiger charge is 2.30. The largest absolute Gasteiger partial charge is 0.472 e. The number of ether oxygens (including phenoxy) is 4. The molecule has 0 aromatic rings. The zero-order chi connectivity index (χ0) is 75.6. The van der Waals surface area contributed by atoms with Crippen molar-refractivity contribution in [2.24, 2.45) is 11.8 Å². The molecule has 0 radical (unpaired) electrons. The summed E-state index contributed by atoms with van der Waals surface area (Å²) in [5.41, 5.74) is 0. The molecule has 0 heterocycles. The number of phosphoric ester groups is 2. The van der Waals surface area contributed by atoms with Gasteiger partial charge in [-0.2, -0.15) is 0 Å². The Balaban J connectivity index is 5.23. The number of rotatable bonds is 83. The number of carbonyl (C=O) groups excluding carboxylic acids is 4. The maximum atomic E-state index is 13.1. The number of aliphatic hydroxyl groups excluding tert-OH is 1. The van der Waals surface area contributed by atoms with Crippen molar-refractivity contribution in [3.05, 3.63) is 0 Å². The van der Waals surface area contributed by atoms with Gasteiger partial charge in [0.15, 0.2) is 12.2 Å². The van der Waals surface area contributed by atoms with Gasteiger partial charge in [-0.05, 0) is 37.5 Å². The number of carbonyl (C=O) groups is 4. The highest BCUT2D eigenvalue weighted by molar-refractivity contribution is 7.47. The van der Waals surface area contributed by atoms with Crippen LogP contribution in [0.15, 0.2) is 0 Å². The fourth-order valence-electron chi connectivity index (χ4n) is 13.1. The van der Waals surface area contributed by atoms with Crippen LogP contribution >= 0.6 is 15.6 Å². The van der Waals surface area contributed by atoms with Crippen LogP contribution < -0.4 is 0 Å². The maximum Gasteiger partial charge on any atom is 0.472 e. The number of unbranched alkanes of at least 4 members (excludes halogenated alkanes) is 53. The summed E-state index contributed by atoms with van der Waals surface area (Å²) in [5, 5.41) is 10.7. The summed E-state index contributed by atoms with van der Waals surface area (Å²) in [4.78, 5) is 73.1. The molecule has 0 bridgehead atoms. The average molecular weight is 1510 g/mol. The average Bonchev–Trinajstić information content (AvgIpc) is 0.916. The highest BCUT2D eigenvalue weighted by atomic mass is 31.2. The van der Waals surface area contributed by atoms with Crippen molar-refractivity contribution >= 4 is 39.5 Å². The number of hydrogen-bond donors (Lipinski definition) is 3. The minimum Gasteiger partial charge on any atom is -0.462 e. The van der Waals surface area contributed by atoms with Gasteiger partial charge < -0.3 is 33.8 Å². The van der Waals surface area contributed by atoms with Gasteiger partial charge in [0.2, 0.25) is 0 Å². The van der Waals surface area contributed by atoms with E-state index in [0.29, 0.717) is 25.7 Å². The molecule has 0 spiro atoms. The Kier molecular flexibility index (Phi) is 74.1. The van der Waals surface area contributed by atoms with Gasteiger partial charge in [-0.25, -0.2) is 9.13 Å². The Labute approximate surface area is 632 Å². The van der Waals surface area contributed by atoms with Gasteiger partial charge in [0.25, 0.3) is 0 Å². The molecule has 0 aliphatic rings. The molecule has 0 aliphatic heterocycles. The Bertz CT molecular complexity index is 1980. The summed E-state index contributed by atoms with van der Waals surface area (Å²) in [7, 11) is -9.92. The second kappa shape index (κ2) is 75.5. The second-order valence-corrected chi connectivity index (χ2v) is 34.1. The number of hydrogen-bond acceptors (Lipinski definition) is 15. The van der Waals surface area contributed by atoms with E-state index in [1.165, 1.54) is 263 Å². The van der Waals surface area contributed by atoms with Gasteiger partial charge in [-0.3, -0.25) is 37.3 Å². The molecule has 5 atom stereocenters. The Morgan fingerprint density at radius 3 is 0.660 bits per heavy atom. The summed E-state index contributed by atoms with van der Waals surface area (Å²) < 4.78 is 68.8. The molecule has 0 aliphatic carbocycles. The first-order chi connectivity index (χ1) is 49.9. The summed E-state index contributed by atoms with van der Waals surface area (Å²) >= 11 is 0. The van der Waals surface area contributed by atoms with E-state index in [1.54, 1.807) is 0 Å². The van der Waals surface area contributed by atoms with E-state index in [4.69, 9.17) is 37.0 Å². The molecule has 612 valence electrons. The lowest BCUT2D eigenvalue weighted by Crippen LogP contribution is -2.30. The quantitative estimate of drug-likeness (QED) is 0.0222. The number of esters is 4. The lowest BCUT2D eigenvalue weighted by atomic mass is 10.0. The van der Waals surface area contributed by atoms with Gasteiger partial charge >= 0.3 is 39.5 Å². The molecule has 0 fully saturated rings. The van der Waals surface area contributed by atoms with Gasteiger partial charge in [-0.15, -0.1) is 0 Å². The van der Waals surface area contributed by atoms with Gasteiger partial charge in [0, 0.05) is 25.7 Å². The zero-order valence-corrected chi connectivity index (χ0v) is 69.4. The fourth-order valence-corrected chi connectivity index (χ4v) is 14.6. The van der Waals surface area contributed by atoms with Crippen LogP contribution in [-0.4, -0.2) is 96.7 Å². The summed E-state index contributed by atoms with van der Waals surface area (Å²) in [6, 6.07) is 0. The first-order valence-corrected chi connectivity index (χ1v) is 46.5. The van der Waals surface area contributed by atoms with Crippen molar-refractivity contribution in [2.75, 3.05) is 39.6 Å². The van der Waals surface area contributed by atoms with Crippen LogP contribution in [0.5, 0.6) is 0 Å². The van der Waals surface area contributed by atoms with Crippen LogP contribution in [0.4, 0.5) is 0 Å². The Morgan fingerprint density at radius 1 is 0.262 bits per heavy atom. The van der Waals surface area contributed by atoms with E-state index in [1.807, 2.05) is 0 Å². The maximum absolute atomic E-state index is 13.1. The molecule has 2 unspecified atom stereocenters. The molecule has 17 nitrogen and oxygen atoms in total. The Morgan fingerprint density at radius 2 is 0.447 bits per heavy atom. The molecule has 103 heavy (non-hydrogen) atoms. The molecule has 0 aromatic heterocycles. The van der Waals surface area contributed by atoms with Gasteiger partial charge in [0.05, 0.1) is 26.4 Å². The van der Waals surface area contributed by atoms with Crippen LogP contribution in [-0.2, 0) is 65.4 Å². The third kappa shape index (κ3) is 78.0. The SMILES string of the molecule is CCCCCCCCCCCCCCCCCCCCCCCCC(=O)O[C@H](COC(=O)CCCCCCCCCCCCCCC(C)C)COP(=O)(O)OC[C@@H](O)COP(=O)(O)OC[C@@H](COC(=O)CCCCCCCCCCCCCCC)OC(=O)CCCCCCCCCCCCC(C)C. The predicted octanol–water partition coefficient (Wildman–Crippen LogP) is 25.5. The van der Waals surface area contributed by atoms with Crippen LogP contribution in [0.25, 0.3) is 0 Å². The predicted molar refractivity (Wildman–Crippen MR) is 423 cm³/mol. The second-order valence-electron chi connectivity index (χ2n) is 31.2. The van der Waals surface area contributed by atoms with Gasteiger partial charge in [-0.1, -0.05) is 395 Å². The molecule has 3 N–H and O–H groups in total. The summed E-state index contributed by atoms with van der Waals surface area (Å²) in [5.74, 6) is -0.571. The number of aliphatic hydroxyl groups is 1. The van der Waals surface area contributed by atoms with Crippen molar-refractivity contribution < 1.29 is 80.2 Å². The molecular formula is C84H164O17P2. The molecule has 0 aromatic carbocycles. The summed E-state index contributed by atoms with van der Waals surface area (Å²) in [6.45, 7) is 9.66. The van der Waals surface area contributed by atoms with Crippen molar-refractivity contribution in [1.82, 2.24) is 0 Å². The van der Waals surface area contributed by atoms with E-state index in [-0.39, 0.29) is 25.7 Å². The van der Waals surface area contributed by atoms with Crippen LogP contribution in [0.1, 0.15) is 446 Å². The fraction of sp³-hybridized carbons (Fsp3) is 0.952. The lowest BCUT2D eigenvalue weighted by Gasteiger charge is -2.21. The first-order valence-electron chi connectivity index (χ1n) is 43.5. The summed E-state index contributed by atoms with van der Waals surface area (Å²) in [6.07, 6.45) is 66.6. The first kappa shape index (κ1) is 101. The third-order valence-electron chi connectivity index (χ3n) is 19.7. The van der Waals surface area contributed by atoms with Crippen LogP contribution in [0.3, 0.4) is 0 Å². The van der Waals surface area contributed by atoms with Gasteiger partial charge in [0.1, 0.15) is 19.3 Å². The Hall–Kier alpha value is -1.94. The van der Waals surface area contributed by atoms with E-state index >= 15 is 0 Å². The molecular weight excluding hydrogens is 1340 g/mol. The van der Waals surface area contributed by atoms with E-state index in [2.05, 4.69) is 41.5 Å². The third-order valence-corrected chi connectivity index (χ3v) is 21.6. The zero-order valence-electron chi connectivity index (χ0n) is 67.6. The topological polar surface area (TPSA) is 237 Å². The van der Waals surface area contributed by atoms with E-state index < -0.39 is 97.5 Å².